The molecule has 1 heterocycles. The maximum absolute atomic E-state index is 13.3. The van der Waals surface area contributed by atoms with E-state index in [0.717, 1.165) is 17.3 Å². The highest BCUT2D eigenvalue weighted by Crippen LogP contribution is 2.33. The summed E-state index contributed by atoms with van der Waals surface area (Å²) in [6.07, 6.45) is 0. The minimum atomic E-state index is -0.552. The highest BCUT2D eigenvalue weighted by Gasteiger charge is 2.22. The Bertz CT molecular complexity index is 1110. The number of hydrogen-bond donors (Lipinski definition) is 0. The van der Waals surface area contributed by atoms with Gasteiger partial charge in [-0.1, -0.05) is 35.5 Å². The summed E-state index contributed by atoms with van der Waals surface area (Å²) in [6, 6.07) is 10.5. The number of aryl methyl sites for hydroxylation is 1. The molecule has 0 N–H and O–H groups in total. The van der Waals surface area contributed by atoms with Crippen molar-refractivity contribution in [3.05, 3.63) is 57.3 Å². The number of esters is 1. The summed E-state index contributed by atoms with van der Waals surface area (Å²) < 4.78 is 11.7. The van der Waals surface area contributed by atoms with Gasteiger partial charge in [0.1, 0.15) is 11.0 Å². The topological polar surface area (TPSA) is 70.4 Å². The van der Waals surface area contributed by atoms with Crippen LogP contribution in [0.25, 0.3) is 16.6 Å². The van der Waals surface area contributed by atoms with Gasteiger partial charge in [-0.3, -0.25) is 14.2 Å². The van der Waals surface area contributed by atoms with E-state index >= 15 is 0 Å². The van der Waals surface area contributed by atoms with Crippen molar-refractivity contribution in [3.8, 4) is 11.4 Å². The highest BCUT2D eigenvalue weighted by molar-refractivity contribution is 8.00. The summed E-state index contributed by atoms with van der Waals surface area (Å²) in [6.45, 7) is 3.54. The molecule has 28 heavy (non-hydrogen) atoms. The lowest BCUT2D eigenvalue weighted by molar-refractivity contribution is -0.139. The first-order valence-corrected chi connectivity index (χ1v) is 9.74. The molecular weight excluding hydrogens is 400 g/mol. The van der Waals surface area contributed by atoms with Crippen LogP contribution in [0.4, 0.5) is 0 Å². The molecule has 0 aliphatic rings. The average Bonchev–Trinajstić information content (AvgIpc) is 2.69. The lowest BCUT2D eigenvalue weighted by Gasteiger charge is -2.18. The van der Waals surface area contributed by atoms with Gasteiger partial charge in [0.25, 0.3) is 5.56 Å². The predicted octanol–water partition coefficient (Wildman–Crippen LogP) is 4.01. The van der Waals surface area contributed by atoms with Crippen LogP contribution in [0.3, 0.4) is 0 Å². The molecular formula is C20H19ClN2O4S. The Kier molecular flexibility index (Phi) is 5.96. The van der Waals surface area contributed by atoms with Crippen LogP contribution >= 0.6 is 23.4 Å². The van der Waals surface area contributed by atoms with Gasteiger partial charge in [0.15, 0.2) is 5.16 Å². The molecule has 146 valence electrons. The first-order valence-electron chi connectivity index (χ1n) is 8.48. The maximum atomic E-state index is 13.3. The lowest BCUT2D eigenvalue weighted by atomic mass is 10.2. The van der Waals surface area contributed by atoms with Crippen LogP contribution in [0.1, 0.15) is 12.5 Å². The number of ether oxygens (including phenoxy) is 2. The van der Waals surface area contributed by atoms with Crippen molar-refractivity contribution in [3.63, 3.8) is 0 Å². The normalized spacial score (nSPS) is 12.0. The summed E-state index contributed by atoms with van der Waals surface area (Å²) in [5.41, 5.74) is 1.58. The number of rotatable bonds is 5. The van der Waals surface area contributed by atoms with Gasteiger partial charge in [-0.2, -0.15) is 0 Å². The number of nitrogens with zero attached hydrogens (tertiary/aromatic N) is 2. The molecule has 0 aliphatic carbocycles. The quantitative estimate of drug-likeness (QED) is 0.354. The standard InChI is InChI=1S/C20H19ClN2O4S/c1-11-9-16(17(26-3)10-14(11)21)23-18(24)13-7-5-6-8-15(13)22-20(23)28-12(2)19(25)27-4/h5-10,12H,1-4H3. The number of thioether (sulfide) groups is 1. The zero-order valence-corrected chi connectivity index (χ0v) is 17.4. The fraction of sp³-hybridized carbons (Fsp3) is 0.250. The minimum Gasteiger partial charge on any atom is -0.495 e. The second-order valence-corrected chi connectivity index (χ2v) is 7.82. The third-order valence-corrected chi connectivity index (χ3v) is 5.70. The predicted molar refractivity (Wildman–Crippen MR) is 111 cm³/mol. The molecule has 0 radical (unpaired) electrons. The van der Waals surface area contributed by atoms with Crippen LogP contribution in [0.15, 0.2) is 46.3 Å². The SMILES string of the molecule is COC(=O)C(C)Sc1nc2ccccc2c(=O)n1-c1cc(C)c(Cl)cc1OC. The summed E-state index contributed by atoms with van der Waals surface area (Å²) in [7, 11) is 2.83. The first-order chi connectivity index (χ1) is 13.4. The smallest absolute Gasteiger partial charge is 0.318 e. The van der Waals surface area contributed by atoms with Crippen LogP contribution in [0, 0.1) is 6.92 Å². The first kappa shape index (κ1) is 20.2. The zero-order valence-electron chi connectivity index (χ0n) is 15.9. The van der Waals surface area contributed by atoms with E-state index in [0.29, 0.717) is 32.5 Å². The molecule has 8 heteroatoms. The average molecular weight is 419 g/mol. The summed E-state index contributed by atoms with van der Waals surface area (Å²) >= 11 is 7.37. The molecule has 1 atom stereocenters. The number of carbonyl (C=O) groups excluding carboxylic acids is 1. The van der Waals surface area contributed by atoms with E-state index in [1.807, 2.05) is 13.0 Å². The van der Waals surface area contributed by atoms with Crippen LogP contribution < -0.4 is 10.3 Å². The van der Waals surface area contributed by atoms with E-state index in [-0.39, 0.29) is 5.56 Å². The molecule has 1 aromatic heterocycles. The second kappa shape index (κ2) is 8.24. The zero-order chi connectivity index (χ0) is 20.4. The Morgan fingerprint density at radius 3 is 2.64 bits per heavy atom. The third-order valence-electron chi connectivity index (χ3n) is 4.26. The van der Waals surface area contributed by atoms with E-state index in [1.165, 1.54) is 18.8 Å². The van der Waals surface area contributed by atoms with Crippen molar-refractivity contribution in [2.24, 2.45) is 0 Å². The lowest BCUT2D eigenvalue weighted by Crippen LogP contribution is -2.24. The third kappa shape index (κ3) is 3.72. The number of methoxy groups -OCH3 is 2. The maximum Gasteiger partial charge on any atom is 0.318 e. The molecule has 0 saturated heterocycles. The van der Waals surface area contributed by atoms with E-state index in [1.54, 1.807) is 37.3 Å². The van der Waals surface area contributed by atoms with Gasteiger partial charge in [0, 0.05) is 11.1 Å². The summed E-state index contributed by atoms with van der Waals surface area (Å²) in [5.74, 6) is 0.0283. The Balaban J connectivity index is 2.33. The van der Waals surface area contributed by atoms with Crippen LogP contribution in [0.2, 0.25) is 5.02 Å². The number of benzene rings is 2. The van der Waals surface area contributed by atoms with E-state index in [2.05, 4.69) is 4.98 Å². The Morgan fingerprint density at radius 2 is 1.96 bits per heavy atom. The summed E-state index contributed by atoms with van der Waals surface area (Å²) in [4.78, 5) is 29.9. The van der Waals surface area contributed by atoms with Gasteiger partial charge in [-0.15, -0.1) is 0 Å². The van der Waals surface area contributed by atoms with Gasteiger partial charge in [0.2, 0.25) is 0 Å². The Labute approximate surface area is 171 Å². The van der Waals surface area contributed by atoms with Gasteiger partial charge in [-0.05, 0) is 37.6 Å². The fourth-order valence-electron chi connectivity index (χ4n) is 2.76. The number of carbonyl (C=O) groups is 1. The van der Waals surface area contributed by atoms with Crippen LogP contribution in [-0.2, 0) is 9.53 Å². The minimum absolute atomic E-state index is 0.259. The number of hydrogen-bond acceptors (Lipinski definition) is 6. The summed E-state index contributed by atoms with van der Waals surface area (Å²) in [5, 5.41) is 0.803. The van der Waals surface area contributed by atoms with Crippen molar-refractivity contribution in [1.82, 2.24) is 9.55 Å². The van der Waals surface area contributed by atoms with E-state index in [9.17, 15) is 9.59 Å². The molecule has 3 rings (SSSR count). The van der Waals surface area contributed by atoms with Crippen LogP contribution in [-0.4, -0.2) is 35.0 Å². The molecule has 0 aliphatic heterocycles. The molecule has 0 fully saturated rings. The molecule has 0 amide bonds. The van der Waals surface area contributed by atoms with Gasteiger partial charge >= 0.3 is 5.97 Å². The largest absolute Gasteiger partial charge is 0.495 e. The van der Waals surface area contributed by atoms with Gasteiger partial charge in [-0.25, -0.2) is 4.98 Å². The Hall–Kier alpha value is -2.51. The molecule has 6 nitrogen and oxygen atoms in total. The van der Waals surface area contributed by atoms with Crippen molar-refractivity contribution in [2.75, 3.05) is 14.2 Å². The number of fused-ring (bicyclic) bond motifs is 1. The Morgan fingerprint density at radius 1 is 1.25 bits per heavy atom. The highest BCUT2D eigenvalue weighted by atomic mass is 35.5. The van der Waals surface area contributed by atoms with Crippen molar-refractivity contribution in [1.29, 1.82) is 0 Å². The van der Waals surface area contributed by atoms with Gasteiger partial charge in [0.05, 0.1) is 30.8 Å². The molecule has 0 spiro atoms. The van der Waals surface area contributed by atoms with E-state index < -0.39 is 11.2 Å². The second-order valence-electron chi connectivity index (χ2n) is 6.11. The van der Waals surface area contributed by atoms with E-state index in [4.69, 9.17) is 21.1 Å². The number of halogens is 1. The monoisotopic (exact) mass is 418 g/mol. The fourth-order valence-corrected chi connectivity index (χ4v) is 3.86. The van der Waals surface area contributed by atoms with Crippen molar-refractivity contribution >= 4 is 40.2 Å². The molecule has 2 aromatic carbocycles. The number of aromatic nitrogens is 2. The van der Waals surface area contributed by atoms with Gasteiger partial charge < -0.3 is 9.47 Å². The van der Waals surface area contributed by atoms with Crippen molar-refractivity contribution in [2.45, 2.75) is 24.3 Å². The molecule has 0 saturated carbocycles. The van der Waals surface area contributed by atoms with Crippen LogP contribution in [0.5, 0.6) is 5.75 Å². The molecule has 3 aromatic rings. The molecule has 1 unspecified atom stereocenters. The number of para-hydroxylation sites is 1. The molecule has 0 bridgehead atoms. The van der Waals surface area contributed by atoms with Crippen molar-refractivity contribution < 1.29 is 14.3 Å².